The predicted molar refractivity (Wildman–Crippen MR) is 120 cm³/mol. The normalized spacial score (nSPS) is 15.5. The van der Waals surface area contributed by atoms with Crippen LogP contribution in [0.25, 0.3) is 11.1 Å². The SMILES string of the molecule is CN1CCN(c2ccc(CNC(=O)c3ccc4c(c3)C(=O)c3ccccc3-4)cn2)CC1. The third kappa shape index (κ3) is 3.70. The van der Waals surface area contributed by atoms with Gasteiger partial charge < -0.3 is 15.1 Å². The van der Waals surface area contributed by atoms with Gasteiger partial charge >= 0.3 is 0 Å². The van der Waals surface area contributed by atoms with Gasteiger partial charge in [0.15, 0.2) is 5.78 Å². The fraction of sp³-hybridized carbons (Fsp3) is 0.240. The number of fused-ring (bicyclic) bond motifs is 3. The minimum absolute atomic E-state index is 0.0241. The summed E-state index contributed by atoms with van der Waals surface area (Å²) >= 11 is 0. The molecule has 6 nitrogen and oxygen atoms in total. The third-order valence-electron chi connectivity index (χ3n) is 6.08. The lowest BCUT2D eigenvalue weighted by molar-refractivity contribution is 0.0951. The number of nitrogens with one attached hydrogen (secondary N) is 1. The molecule has 1 aromatic heterocycles. The quantitative estimate of drug-likeness (QED) is 0.558. The van der Waals surface area contributed by atoms with Crippen LogP contribution >= 0.6 is 0 Å². The maximum atomic E-state index is 12.7. The maximum Gasteiger partial charge on any atom is 0.251 e. The minimum Gasteiger partial charge on any atom is -0.354 e. The van der Waals surface area contributed by atoms with E-state index in [2.05, 4.69) is 27.1 Å². The number of aromatic nitrogens is 1. The zero-order valence-corrected chi connectivity index (χ0v) is 17.5. The van der Waals surface area contributed by atoms with Crippen molar-refractivity contribution in [3.05, 3.63) is 83.0 Å². The van der Waals surface area contributed by atoms with E-state index in [1.807, 2.05) is 48.7 Å². The van der Waals surface area contributed by atoms with E-state index in [1.54, 1.807) is 12.1 Å². The molecule has 0 bridgehead atoms. The van der Waals surface area contributed by atoms with Crippen molar-refractivity contribution >= 4 is 17.5 Å². The number of nitrogens with zero attached hydrogens (tertiary/aromatic N) is 3. The van der Waals surface area contributed by atoms with Gasteiger partial charge in [-0.25, -0.2) is 4.98 Å². The summed E-state index contributed by atoms with van der Waals surface area (Å²) in [7, 11) is 2.13. The smallest absolute Gasteiger partial charge is 0.251 e. The van der Waals surface area contributed by atoms with Gasteiger partial charge in [0.1, 0.15) is 5.82 Å². The Balaban J connectivity index is 1.24. The first-order valence-electron chi connectivity index (χ1n) is 10.5. The summed E-state index contributed by atoms with van der Waals surface area (Å²) in [6.07, 6.45) is 1.82. The van der Waals surface area contributed by atoms with Crippen LogP contribution in [-0.4, -0.2) is 54.8 Å². The molecule has 1 saturated heterocycles. The maximum absolute atomic E-state index is 12.7. The van der Waals surface area contributed by atoms with Crippen molar-refractivity contribution in [3.8, 4) is 11.1 Å². The second-order valence-corrected chi connectivity index (χ2v) is 8.13. The van der Waals surface area contributed by atoms with Gasteiger partial charge in [0, 0.05) is 55.6 Å². The van der Waals surface area contributed by atoms with Gasteiger partial charge in [-0.3, -0.25) is 9.59 Å². The molecule has 2 aromatic carbocycles. The Bertz CT molecular complexity index is 1150. The number of benzene rings is 2. The molecule has 2 aliphatic rings. The number of carbonyl (C=O) groups is 2. The summed E-state index contributed by atoms with van der Waals surface area (Å²) in [4.78, 5) is 34.5. The van der Waals surface area contributed by atoms with Crippen LogP contribution in [0.15, 0.2) is 60.8 Å². The summed E-state index contributed by atoms with van der Waals surface area (Å²) in [5, 5.41) is 2.94. The van der Waals surface area contributed by atoms with Crippen LogP contribution in [0.4, 0.5) is 5.82 Å². The standard InChI is InChI=1S/C25H24N4O2/c1-28-10-12-29(13-11-28)23-9-6-17(15-26-23)16-27-25(31)18-7-8-20-19-4-2-3-5-21(19)24(30)22(20)14-18/h2-9,14-15H,10-13,16H2,1H3,(H,27,31). The van der Waals surface area contributed by atoms with Crippen LogP contribution < -0.4 is 10.2 Å². The van der Waals surface area contributed by atoms with E-state index in [0.717, 1.165) is 48.7 Å². The highest BCUT2D eigenvalue weighted by molar-refractivity contribution is 6.22. The largest absolute Gasteiger partial charge is 0.354 e. The highest BCUT2D eigenvalue weighted by atomic mass is 16.1. The number of ketones is 1. The second kappa shape index (κ2) is 7.96. The third-order valence-corrected chi connectivity index (χ3v) is 6.08. The first-order valence-corrected chi connectivity index (χ1v) is 10.5. The van der Waals surface area contributed by atoms with Gasteiger partial charge in [0.25, 0.3) is 5.91 Å². The van der Waals surface area contributed by atoms with Crippen molar-refractivity contribution < 1.29 is 9.59 Å². The van der Waals surface area contributed by atoms with Crippen molar-refractivity contribution in [2.24, 2.45) is 0 Å². The highest BCUT2D eigenvalue weighted by Crippen LogP contribution is 2.36. The van der Waals surface area contributed by atoms with E-state index in [-0.39, 0.29) is 11.7 Å². The zero-order valence-electron chi connectivity index (χ0n) is 17.5. The average Bonchev–Trinajstić information content (AvgIpc) is 3.10. The van der Waals surface area contributed by atoms with Gasteiger partial charge in [-0.05, 0) is 41.9 Å². The Hall–Kier alpha value is -3.51. The molecule has 3 aromatic rings. The lowest BCUT2D eigenvalue weighted by atomic mass is 10.0. The molecule has 0 atom stereocenters. The Kier molecular flexibility index (Phi) is 5.00. The molecule has 1 aliphatic heterocycles. The number of piperazine rings is 1. The molecule has 0 unspecified atom stereocenters. The van der Waals surface area contributed by atoms with E-state index in [4.69, 9.17) is 0 Å². The van der Waals surface area contributed by atoms with E-state index < -0.39 is 0 Å². The number of anilines is 1. The first kappa shape index (κ1) is 19.5. The summed E-state index contributed by atoms with van der Waals surface area (Å²) in [5.41, 5.74) is 4.54. The summed E-state index contributed by atoms with van der Waals surface area (Å²) in [6.45, 7) is 4.41. The van der Waals surface area contributed by atoms with Crippen molar-refractivity contribution in [3.63, 3.8) is 0 Å². The second-order valence-electron chi connectivity index (χ2n) is 8.13. The summed E-state index contributed by atoms with van der Waals surface area (Å²) in [5.74, 6) is 0.749. The number of pyridine rings is 1. The van der Waals surface area contributed by atoms with Crippen LogP contribution in [0.1, 0.15) is 31.8 Å². The van der Waals surface area contributed by atoms with Crippen molar-refractivity contribution in [2.45, 2.75) is 6.54 Å². The zero-order chi connectivity index (χ0) is 21.4. The molecule has 5 rings (SSSR count). The monoisotopic (exact) mass is 412 g/mol. The number of likely N-dealkylation sites (N-methyl/N-ethyl adjacent to an activating group) is 1. The van der Waals surface area contributed by atoms with Crippen LogP contribution in [0, 0.1) is 0 Å². The van der Waals surface area contributed by atoms with Gasteiger partial charge in [-0.15, -0.1) is 0 Å². The fourth-order valence-corrected chi connectivity index (χ4v) is 4.20. The Morgan fingerprint density at radius 3 is 2.42 bits per heavy atom. The molecule has 1 amide bonds. The molecular weight excluding hydrogens is 388 g/mol. The number of hydrogen-bond acceptors (Lipinski definition) is 5. The molecule has 0 spiro atoms. The molecule has 1 fully saturated rings. The topological polar surface area (TPSA) is 65.5 Å². The van der Waals surface area contributed by atoms with E-state index in [0.29, 0.717) is 23.2 Å². The number of hydrogen-bond donors (Lipinski definition) is 1. The van der Waals surface area contributed by atoms with E-state index >= 15 is 0 Å². The van der Waals surface area contributed by atoms with Crippen molar-refractivity contribution in [1.29, 1.82) is 0 Å². The van der Waals surface area contributed by atoms with Crippen LogP contribution in [-0.2, 0) is 6.54 Å². The van der Waals surface area contributed by atoms with Gasteiger partial charge in [0.2, 0.25) is 0 Å². The molecule has 2 heterocycles. The van der Waals surface area contributed by atoms with E-state index in [1.165, 1.54) is 0 Å². The van der Waals surface area contributed by atoms with Crippen LogP contribution in [0.5, 0.6) is 0 Å². The summed E-state index contributed by atoms with van der Waals surface area (Å²) < 4.78 is 0. The van der Waals surface area contributed by atoms with Crippen LogP contribution in [0.3, 0.4) is 0 Å². The molecule has 1 aliphatic carbocycles. The molecule has 6 heteroatoms. The Morgan fingerprint density at radius 2 is 1.68 bits per heavy atom. The predicted octanol–water partition coefficient (Wildman–Crippen LogP) is 2.97. The molecule has 1 N–H and O–H groups in total. The molecule has 156 valence electrons. The Labute approximate surface area is 181 Å². The first-order chi connectivity index (χ1) is 15.1. The van der Waals surface area contributed by atoms with Crippen molar-refractivity contribution in [2.75, 3.05) is 38.1 Å². The van der Waals surface area contributed by atoms with E-state index in [9.17, 15) is 9.59 Å². The van der Waals surface area contributed by atoms with Gasteiger partial charge in [-0.2, -0.15) is 0 Å². The van der Waals surface area contributed by atoms with Crippen molar-refractivity contribution in [1.82, 2.24) is 15.2 Å². The average molecular weight is 412 g/mol. The lowest BCUT2D eigenvalue weighted by Crippen LogP contribution is -2.44. The molecular formula is C25H24N4O2. The number of rotatable bonds is 4. The number of carbonyl (C=O) groups excluding carboxylic acids is 2. The van der Waals surface area contributed by atoms with Crippen LogP contribution in [0.2, 0.25) is 0 Å². The minimum atomic E-state index is -0.199. The fourth-order valence-electron chi connectivity index (χ4n) is 4.20. The number of amides is 1. The van der Waals surface area contributed by atoms with Gasteiger partial charge in [0.05, 0.1) is 0 Å². The summed E-state index contributed by atoms with van der Waals surface area (Å²) in [6, 6.07) is 16.9. The highest BCUT2D eigenvalue weighted by Gasteiger charge is 2.27. The lowest BCUT2D eigenvalue weighted by Gasteiger charge is -2.33. The molecule has 31 heavy (non-hydrogen) atoms. The Morgan fingerprint density at radius 1 is 0.935 bits per heavy atom. The molecule has 0 radical (unpaired) electrons. The molecule has 0 saturated carbocycles. The van der Waals surface area contributed by atoms with Gasteiger partial charge in [-0.1, -0.05) is 36.4 Å².